The first-order valence-electron chi connectivity index (χ1n) is 8.32. The molecule has 170 valence electrons. The van der Waals surface area contributed by atoms with Crippen LogP contribution in [0.15, 0.2) is 41.4 Å². The van der Waals surface area contributed by atoms with E-state index in [1.54, 1.807) is 12.1 Å². The first kappa shape index (κ1) is 28.2. The highest BCUT2D eigenvalue weighted by atomic mass is 128. The van der Waals surface area contributed by atoms with E-state index in [1.807, 2.05) is 0 Å². The van der Waals surface area contributed by atoms with Gasteiger partial charge in [0.25, 0.3) is 11.5 Å². The van der Waals surface area contributed by atoms with Crippen LogP contribution in [-0.4, -0.2) is 38.1 Å². The number of carboxylic acid groups (broad SMARTS) is 1. The molecule has 1 unspecified atom stereocenters. The highest BCUT2D eigenvalue weighted by Crippen LogP contribution is 2.08. The topological polar surface area (TPSA) is 236 Å². The second kappa shape index (κ2) is 14.3. The Balaban J connectivity index is 0.000000628. The Morgan fingerprint density at radius 1 is 1.13 bits per heavy atom. The molecule has 31 heavy (non-hydrogen) atoms. The van der Waals surface area contributed by atoms with Gasteiger partial charge in [-0.1, -0.05) is 6.58 Å². The van der Waals surface area contributed by atoms with E-state index in [0.717, 1.165) is 0 Å². The van der Waals surface area contributed by atoms with Crippen molar-refractivity contribution in [1.82, 2.24) is 15.3 Å². The van der Waals surface area contributed by atoms with E-state index in [-0.39, 0.29) is 36.1 Å². The van der Waals surface area contributed by atoms with Gasteiger partial charge >= 0.3 is 5.97 Å². The van der Waals surface area contributed by atoms with Gasteiger partial charge in [0.15, 0.2) is 5.82 Å². The fourth-order valence-corrected chi connectivity index (χ4v) is 1.96. The zero-order chi connectivity index (χ0) is 24.1. The molecule has 0 aliphatic carbocycles. The van der Waals surface area contributed by atoms with Crippen LogP contribution in [0.25, 0.3) is 0 Å². The average Bonchev–Trinajstić information content (AvgIpc) is 2.71. The summed E-state index contributed by atoms with van der Waals surface area (Å²) in [5, 5.41) is 20.3. The van der Waals surface area contributed by atoms with Gasteiger partial charge in [0, 0.05) is 54.9 Å². The Kier molecular flexibility index (Phi) is 13.0. The van der Waals surface area contributed by atoms with Crippen molar-refractivity contribution in [3.8, 4) is 0 Å². The summed E-state index contributed by atoms with van der Waals surface area (Å²) in [5.41, 5.74) is 21.2. The van der Waals surface area contributed by atoms with Crippen molar-refractivity contribution in [3.63, 3.8) is 0 Å². The molecule has 0 bridgehead atoms. The number of hydrogen-bond donors (Lipinski definition) is 8. The number of anilines is 4. The molecule has 0 fully saturated rings. The number of aromatic amines is 1. The van der Waals surface area contributed by atoms with Crippen LogP contribution in [0.3, 0.4) is 0 Å². The molecule has 1 aromatic carbocycles. The molecule has 12 N–H and O–H groups in total. The second-order valence-corrected chi connectivity index (χ2v) is 5.84. The van der Waals surface area contributed by atoms with E-state index in [9.17, 15) is 14.4 Å². The number of H-pyrrole nitrogens is 1. The maximum absolute atomic E-state index is 11.8. The van der Waals surface area contributed by atoms with Crippen LogP contribution in [-0.2, 0) is 4.79 Å². The van der Waals surface area contributed by atoms with Gasteiger partial charge in [-0.05, 0) is 30.7 Å². The van der Waals surface area contributed by atoms with Crippen LogP contribution < -0.4 is 33.8 Å². The number of carbonyl (C=O) groups excluding carboxylic acids is 1. The Bertz CT molecular complexity index is 951. The largest absolute Gasteiger partial charge is 0.513 e. The lowest BCUT2D eigenvalue weighted by Gasteiger charge is -2.14. The van der Waals surface area contributed by atoms with Crippen molar-refractivity contribution in [3.05, 3.63) is 52.5 Å². The summed E-state index contributed by atoms with van der Waals surface area (Å²) in [6, 6.07) is 5.05. The minimum atomic E-state index is -1.16. The van der Waals surface area contributed by atoms with Crippen LogP contribution in [0.5, 0.6) is 0 Å². The van der Waals surface area contributed by atoms with Gasteiger partial charge in [-0.3, -0.25) is 14.6 Å². The minimum Gasteiger partial charge on any atom is -0.513 e. The van der Waals surface area contributed by atoms with Gasteiger partial charge in [0.05, 0.1) is 5.76 Å². The number of nitrogens with zero attached hydrogens (tertiary/aromatic N) is 1. The molecule has 1 atom stereocenters. The van der Waals surface area contributed by atoms with E-state index in [0.29, 0.717) is 11.3 Å². The SMILES string of the molecule is C=C(O)CCC(NC(=O)c1ccc(N)cc1)C(=O)O.II.Nc1nc(N)c(N)c(=O)[nH]1. The van der Waals surface area contributed by atoms with Gasteiger partial charge in [0.1, 0.15) is 11.7 Å². The van der Waals surface area contributed by atoms with Crippen LogP contribution in [0.4, 0.5) is 23.1 Å². The smallest absolute Gasteiger partial charge is 0.326 e. The van der Waals surface area contributed by atoms with Crippen LogP contribution in [0.1, 0.15) is 23.2 Å². The Hall–Kier alpha value is -2.76. The maximum Gasteiger partial charge on any atom is 0.326 e. The fourth-order valence-electron chi connectivity index (χ4n) is 1.96. The quantitative estimate of drug-likeness (QED) is 0.127. The number of allylic oxidation sites excluding steroid dienone is 1. The number of aliphatic hydroxyl groups is 1. The minimum absolute atomic E-state index is 0.0308. The lowest BCUT2D eigenvalue weighted by Crippen LogP contribution is -2.40. The monoisotopic (exact) mass is 659 g/mol. The molecule has 1 amide bonds. The predicted molar refractivity (Wildman–Crippen MR) is 137 cm³/mol. The molecule has 0 spiro atoms. The number of carbonyl (C=O) groups is 2. The van der Waals surface area contributed by atoms with Crippen LogP contribution in [0.2, 0.25) is 0 Å². The summed E-state index contributed by atoms with van der Waals surface area (Å²) in [6.45, 7) is 3.27. The number of rotatable bonds is 6. The van der Waals surface area contributed by atoms with Gasteiger partial charge in [-0.15, -0.1) is 0 Å². The number of nitrogens with two attached hydrogens (primary N) is 4. The van der Waals surface area contributed by atoms with E-state index < -0.39 is 23.5 Å². The van der Waals surface area contributed by atoms with Gasteiger partial charge in [-0.25, -0.2) is 4.79 Å². The van der Waals surface area contributed by atoms with Gasteiger partial charge < -0.3 is 38.5 Å². The third-order valence-corrected chi connectivity index (χ3v) is 3.50. The van der Waals surface area contributed by atoms with Gasteiger partial charge in [-0.2, -0.15) is 4.98 Å². The van der Waals surface area contributed by atoms with Crippen molar-refractivity contribution < 1.29 is 19.8 Å². The highest BCUT2D eigenvalue weighted by Gasteiger charge is 2.20. The number of amides is 1. The molecule has 14 heteroatoms. The normalized spacial score (nSPS) is 10.4. The number of halogens is 2. The van der Waals surface area contributed by atoms with Crippen molar-refractivity contribution in [2.24, 2.45) is 0 Å². The average molecular weight is 659 g/mol. The number of benzene rings is 1. The van der Waals surface area contributed by atoms with Crippen LogP contribution >= 0.6 is 37.2 Å². The second-order valence-electron chi connectivity index (χ2n) is 5.84. The van der Waals surface area contributed by atoms with E-state index in [2.05, 4.69) is 59.1 Å². The Morgan fingerprint density at radius 3 is 2.13 bits per heavy atom. The van der Waals surface area contributed by atoms with Crippen molar-refractivity contribution in [2.45, 2.75) is 18.9 Å². The first-order chi connectivity index (χ1) is 14.5. The molecule has 1 aromatic heterocycles. The standard InChI is InChI=1S/C13H16N2O4.C4H7N5O.I2/c1-8(16)2-7-11(13(18)19)15-12(17)9-3-5-10(14)6-4-9;5-1-2(6)8-4(7)9-3(1)10;1-2/h3-6,11,16H,1-2,7,14H2,(H,15,17)(H,18,19);5H2,(H5,6,7,8,9,10);. The first-order valence-corrected chi connectivity index (χ1v) is 14.6. The molecule has 2 aromatic rings. The van der Waals surface area contributed by atoms with E-state index in [4.69, 9.17) is 33.1 Å². The molecule has 1 heterocycles. The number of hydrogen-bond acceptors (Lipinski definition) is 9. The summed E-state index contributed by atoms with van der Waals surface area (Å²) >= 11 is 4.24. The number of aliphatic hydroxyl groups excluding tert-OH is 1. The number of nitrogens with one attached hydrogen (secondary N) is 2. The number of carboxylic acids is 1. The molecular weight excluding hydrogens is 636 g/mol. The third-order valence-electron chi connectivity index (χ3n) is 3.50. The molecule has 0 aliphatic rings. The summed E-state index contributed by atoms with van der Waals surface area (Å²) in [6.07, 6.45) is 0.185. The number of aromatic nitrogens is 2. The third kappa shape index (κ3) is 10.7. The van der Waals surface area contributed by atoms with Crippen LogP contribution in [0, 0.1) is 0 Å². The molecule has 2 rings (SSSR count). The summed E-state index contributed by atoms with van der Waals surface area (Å²) in [4.78, 5) is 39.2. The lowest BCUT2D eigenvalue weighted by molar-refractivity contribution is -0.139. The van der Waals surface area contributed by atoms with Gasteiger partial charge in [0.2, 0.25) is 5.95 Å². The van der Waals surface area contributed by atoms with E-state index in [1.165, 1.54) is 12.1 Å². The molecule has 0 radical (unpaired) electrons. The number of nitrogen functional groups attached to an aromatic ring is 4. The molecule has 0 saturated heterocycles. The summed E-state index contributed by atoms with van der Waals surface area (Å²) in [5.74, 6) is -1.85. The Labute approximate surface area is 200 Å². The molecule has 0 aliphatic heterocycles. The lowest BCUT2D eigenvalue weighted by atomic mass is 10.1. The molecular formula is C17H23I2N7O5. The van der Waals surface area contributed by atoms with Crippen molar-refractivity contribution in [1.29, 1.82) is 0 Å². The summed E-state index contributed by atoms with van der Waals surface area (Å²) < 4.78 is 0. The van der Waals surface area contributed by atoms with Crippen molar-refractivity contribution >= 4 is 72.2 Å². The number of aliphatic carboxylic acids is 1. The molecule has 0 saturated carbocycles. The Morgan fingerprint density at radius 2 is 1.68 bits per heavy atom. The maximum atomic E-state index is 11.8. The fraction of sp³-hybridized carbons (Fsp3) is 0.176. The zero-order valence-corrected chi connectivity index (χ0v) is 20.5. The summed E-state index contributed by atoms with van der Waals surface area (Å²) in [7, 11) is 0. The predicted octanol–water partition coefficient (Wildman–Crippen LogP) is 1.59. The molecule has 12 nitrogen and oxygen atoms in total. The van der Waals surface area contributed by atoms with E-state index >= 15 is 0 Å². The zero-order valence-electron chi connectivity index (χ0n) is 16.1. The highest BCUT2D eigenvalue weighted by molar-refractivity contribution is 15.0. The van der Waals surface area contributed by atoms with Crippen molar-refractivity contribution in [2.75, 3.05) is 22.9 Å².